The molecule has 0 spiro atoms. The van der Waals surface area contributed by atoms with Crippen LogP contribution in [0.4, 0.5) is 23.2 Å². The van der Waals surface area contributed by atoms with E-state index in [-0.39, 0.29) is 17.0 Å². The molecule has 1 amide bonds. The second-order valence-corrected chi connectivity index (χ2v) is 9.35. The molecule has 0 saturated heterocycles. The van der Waals surface area contributed by atoms with E-state index in [2.05, 4.69) is 10.6 Å². The Kier molecular flexibility index (Phi) is 6.82. The van der Waals surface area contributed by atoms with E-state index >= 15 is 0 Å². The van der Waals surface area contributed by atoms with Crippen LogP contribution in [0.5, 0.6) is 5.75 Å². The number of methoxy groups -OCH3 is 1. The number of allylic oxidation sites excluding steroid dienone is 1. The number of carbonyl (C=O) groups is 2. The molecule has 4 rings (SSSR count). The highest BCUT2D eigenvalue weighted by Crippen LogP contribution is 2.34. The Morgan fingerprint density at radius 2 is 1.73 bits per heavy atom. The Balaban J connectivity index is 1.56. The molecular weight excluding hydrogens is 488 g/mol. The lowest BCUT2D eigenvalue weighted by Gasteiger charge is -2.35. The van der Waals surface area contributed by atoms with Crippen molar-refractivity contribution >= 4 is 23.1 Å². The van der Waals surface area contributed by atoms with E-state index < -0.39 is 29.0 Å². The second kappa shape index (κ2) is 9.72. The van der Waals surface area contributed by atoms with Crippen molar-refractivity contribution in [2.24, 2.45) is 0 Å². The second-order valence-electron chi connectivity index (χ2n) is 9.35. The Morgan fingerprint density at radius 1 is 1.03 bits per heavy atom. The summed E-state index contributed by atoms with van der Waals surface area (Å²) in [7, 11) is 1.56. The zero-order valence-electron chi connectivity index (χ0n) is 20.3. The minimum absolute atomic E-state index is 0.151. The lowest BCUT2D eigenvalue weighted by Crippen LogP contribution is -2.43. The van der Waals surface area contributed by atoms with Crippen LogP contribution in [0.25, 0.3) is 5.70 Å². The van der Waals surface area contributed by atoms with Gasteiger partial charge in [-0.2, -0.15) is 13.2 Å². The summed E-state index contributed by atoms with van der Waals surface area (Å²) in [5.41, 5.74) is 0.651. The number of benzene rings is 3. The molecule has 0 fully saturated rings. The molecule has 1 aliphatic rings. The topological polar surface area (TPSA) is 67.4 Å². The van der Waals surface area contributed by atoms with Gasteiger partial charge in [0.2, 0.25) is 0 Å². The molecule has 0 radical (unpaired) electrons. The van der Waals surface area contributed by atoms with Crippen LogP contribution in [-0.2, 0) is 12.6 Å². The minimum Gasteiger partial charge on any atom is -0.497 e. The number of hydrogen-bond donors (Lipinski definition) is 2. The van der Waals surface area contributed by atoms with Gasteiger partial charge < -0.3 is 15.4 Å². The number of alkyl halides is 3. The number of rotatable bonds is 5. The molecule has 37 heavy (non-hydrogen) atoms. The number of fused-ring (bicyclic) bond motifs is 1. The van der Waals surface area contributed by atoms with Crippen molar-refractivity contribution in [1.82, 2.24) is 5.32 Å². The highest BCUT2D eigenvalue weighted by molar-refractivity contribution is 6.09. The Bertz CT molecular complexity index is 1390. The molecule has 0 bridgehead atoms. The normalized spacial score (nSPS) is 15.5. The molecule has 0 unspecified atom stereocenters. The Morgan fingerprint density at radius 3 is 2.38 bits per heavy atom. The highest BCUT2D eigenvalue weighted by Gasteiger charge is 2.35. The average molecular weight is 513 g/mol. The number of carbonyl (C=O) groups excluding carboxylic acids is 2. The molecule has 1 aliphatic heterocycles. The van der Waals surface area contributed by atoms with Crippen LogP contribution in [0.2, 0.25) is 0 Å². The standard InChI is InChI=1S/C28H24F4N2O3/c1-27(2)15-17-6-10-20(37-3)13-21(17)24(34-27)14-25(35)16-4-8-19(9-5-16)33-26(36)22-12-18(29)7-11-23(22)28(30,31)32/h4-14,34H,15H2,1-3H3,(H,33,36)/b24-14-. The molecule has 192 valence electrons. The van der Waals surface area contributed by atoms with Gasteiger partial charge in [-0.3, -0.25) is 9.59 Å². The number of amides is 1. The Labute approximate surface area is 211 Å². The average Bonchev–Trinajstić information content (AvgIpc) is 2.82. The predicted octanol–water partition coefficient (Wildman–Crippen LogP) is 6.25. The number of hydrogen-bond acceptors (Lipinski definition) is 4. The zero-order chi connectivity index (χ0) is 27.0. The quantitative estimate of drug-likeness (QED) is 0.241. The van der Waals surface area contributed by atoms with Gasteiger partial charge in [0.1, 0.15) is 11.6 Å². The van der Waals surface area contributed by atoms with Gasteiger partial charge >= 0.3 is 6.18 Å². The first-order valence-corrected chi connectivity index (χ1v) is 11.4. The van der Waals surface area contributed by atoms with E-state index in [4.69, 9.17) is 4.74 Å². The monoisotopic (exact) mass is 512 g/mol. The SMILES string of the molecule is COc1ccc2c(c1)/C(=C/C(=O)c1ccc(NC(=O)c3cc(F)ccc3C(F)(F)F)cc1)NC(C)(C)C2. The fraction of sp³-hybridized carbons (Fsp3) is 0.214. The van der Waals surface area contributed by atoms with Gasteiger partial charge in [0, 0.05) is 34.1 Å². The van der Waals surface area contributed by atoms with Gasteiger partial charge in [-0.1, -0.05) is 6.07 Å². The maximum Gasteiger partial charge on any atom is 0.417 e. The molecule has 2 N–H and O–H groups in total. The summed E-state index contributed by atoms with van der Waals surface area (Å²) in [6.45, 7) is 4.05. The number of ether oxygens (including phenoxy) is 1. The first kappa shape index (κ1) is 25.9. The van der Waals surface area contributed by atoms with E-state index in [1.807, 2.05) is 32.0 Å². The van der Waals surface area contributed by atoms with Crippen LogP contribution in [0.3, 0.4) is 0 Å². The number of halogens is 4. The fourth-order valence-electron chi connectivity index (χ4n) is 4.24. The third-order valence-electron chi connectivity index (χ3n) is 5.95. The first-order valence-electron chi connectivity index (χ1n) is 11.4. The van der Waals surface area contributed by atoms with Crippen LogP contribution >= 0.6 is 0 Å². The number of nitrogens with one attached hydrogen (secondary N) is 2. The molecular formula is C28H24F4N2O3. The van der Waals surface area contributed by atoms with Crippen LogP contribution in [0, 0.1) is 5.82 Å². The zero-order valence-corrected chi connectivity index (χ0v) is 20.3. The Hall–Kier alpha value is -4.14. The lowest BCUT2D eigenvalue weighted by atomic mass is 9.85. The van der Waals surface area contributed by atoms with E-state index in [1.54, 1.807) is 7.11 Å². The van der Waals surface area contributed by atoms with Crippen molar-refractivity contribution in [3.63, 3.8) is 0 Å². The van der Waals surface area contributed by atoms with Crippen LogP contribution in [0.15, 0.2) is 66.7 Å². The maximum atomic E-state index is 13.5. The van der Waals surface area contributed by atoms with Gasteiger partial charge in [-0.05, 0) is 80.4 Å². The summed E-state index contributed by atoms with van der Waals surface area (Å²) in [6.07, 6.45) is -2.59. The summed E-state index contributed by atoms with van der Waals surface area (Å²) >= 11 is 0. The van der Waals surface area contributed by atoms with Gasteiger partial charge in [0.15, 0.2) is 5.78 Å². The van der Waals surface area contributed by atoms with Crippen molar-refractivity contribution in [2.45, 2.75) is 32.0 Å². The summed E-state index contributed by atoms with van der Waals surface area (Å²) < 4.78 is 58.6. The largest absolute Gasteiger partial charge is 0.497 e. The number of anilines is 1. The molecule has 0 saturated carbocycles. The molecule has 9 heteroatoms. The van der Waals surface area contributed by atoms with Crippen molar-refractivity contribution < 1.29 is 31.9 Å². The van der Waals surface area contributed by atoms with Crippen molar-refractivity contribution in [3.05, 3.63) is 100 Å². The lowest BCUT2D eigenvalue weighted by molar-refractivity contribution is -0.137. The molecule has 0 atom stereocenters. The molecule has 1 heterocycles. The van der Waals surface area contributed by atoms with E-state index in [9.17, 15) is 27.2 Å². The van der Waals surface area contributed by atoms with E-state index in [0.717, 1.165) is 17.5 Å². The molecule has 3 aromatic carbocycles. The summed E-state index contributed by atoms with van der Waals surface area (Å²) in [6, 6.07) is 13.1. The van der Waals surface area contributed by atoms with Crippen LogP contribution < -0.4 is 15.4 Å². The molecule has 3 aromatic rings. The van der Waals surface area contributed by atoms with Crippen molar-refractivity contribution in [3.8, 4) is 5.75 Å². The van der Waals surface area contributed by atoms with Gasteiger partial charge in [0.05, 0.1) is 18.2 Å². The smallest absolute Gasteiger partial charge is 0.417 e. The molecule has 0 aromatic heterocycles. The van der Waals surface area contributed by atoms with Crippen molar-refractivity contribution in [1.29, 1.82) is 0 Å². The van der Waals surface area contributed by atoms with Gasteiger partial charge in [-0.25, -0.2) is 4.39 Å². The summed E-state index contributed by atoms with van der Waals surface area (Å²) in [5, 5.41) is 5.71. The number of ketones is 1. The molecule has 0 aliphatic carbocycles. The minimum atomic E-state index is -4.82. The van der Waals surface area contributed by atoms with Crippen LogP contribution in [-0.4, -0.2) is 24.3 Å². The molecule has 5 nitrogen and oxygen atoms in total. The van der Waals surface area contributed by atoms with E-state index in [0.29, 0.717) is 35.2 Å². The highest BCUT2D eigenvalue weighted by atomic mass is 19.4. The maximum absolute atomic E-state index is 13.5. The van der Waals surface area contributed by atoms with Gasteiger partial charge in [-0.15, -0.1) is 0 Å². The van der Waals surface area contributed by atoms with Crippen LogP contribution in [0.1, 0.15) is 51.3 Å². The summed E-state index contributed by atoms with van der Waals surface area (Å²) in [5.74, 6) is -1.74. The van der Waals surface area contributed by atoms with Crippen molar-refractivity contribution in [2.75, 3.05) is 12.4 Å². The third-order valence-corrected chi connectivity index (χ3v) is 5.95. The van der Waals surface area contributed by atoms with E-state index in [1.165, 1.54) is 30.3 Å². The fourth-order valence-corrected chi connectivity index (χ4v) is 4.24. The predicted molar refractivity (Wildman–Crippen MR) is 132 cm³/mol. The summed E-state index contributed by atoms with van der Waals surface area (Å²) in [4.78, 5) is 25.5. The van der Waals surface area contributed by atoms with Gasteiger partial charge in [0.25, 0.3) is 5.91 Å². The third kappa shape index (κ3) is 5.82. The first-order chi connectivity index (χ1) is 17.4.